The second-order valence-electron chi connectivity index (χ2n) is 5.91. The fourth-order valence-corrected chi connectivity index (χ4v) is 3.52. The van der Waals surface area contributed by atoms with Crippen LogP contribution in [0.1, 0.15) is 63.9 Å². The second kappa shape index (κ2) is 7.68. The Balaban J connectivity index is 2.14. The smallest absolute Gasteiger partial charge is 0.0595 e. The van der Waals surface area contributed by atoms with Gasteiger partial charge in [-0.05, 0) is 43.5 Å². The van der Waals surface area contributed by atoms with Gasteiger partial charge in [-0.3, -0.25) is 0 Å². The summed E-state index contributed by atoms with van der Waals surface area (Å²) in [7, 11) is 0. The van der Waals surface area contributed by atoms with E-state index in [9.17, 15) is 0 Å². The molecule has 0 aliphatic heterocycles. The maximum Gasteiger partial charge on any atom is 0.0595 e. The van der Waals surface area contributed by atoms with Crippen LogP contribution in [0.2, 0.25) is 10.0 Å². The highest BCUT2D eigenvalue weighted by Gasteiger charge is 2.33. The molecule has 20 heavy (non-hydrogen) atoms. The zero-order valence-corrected chi connectivity index (χ0v) is 13.9. The molecule has 1 nitrogen and oxygen atoms in total. The van der Waals surface area contributed by atoms with E-state index in [2.05, 4.69) is 24.4 Å². The van der Waals surface area contributed by atoms with Crippen molar-refractivity contribution < 1.29 is 0 Å². The van der Waals surface area contributed by atoms with E-state index in [-0.39, 0.29) is 5.54 Å². The molecule has 1 aliphatic carbocycles. The third-order valence-corrected chi connectivity index (χ3v) is 5.16. The summed E-state index contributed by atoms with van der Waals surface area (Å²) in [5.74, 6) is 0. The van der Waals surface area contributed by atoms with Gasteiger partial charge in [0.1, 0.15) is 0 Å². The summed E-state index contributed by atoms with van der Waals surface area (Å²) >= 11 is 12.3. The highest BCUT2D eigenvalue weighted by molar-refractivity contribution is 6.42. The first kappa shape index (κ1) is 16.1. The minimum absolute atomic E-state index is 0.111. The average Bonchev–Trinajstić information content (AvgIpc) is 2.47. The Morgan fingerprint density at radius 3 is 2.45 bits per heavy atom. The van der Waals surface area contributed by atoms with Crippen LogP contribution in [0.3, 0.4) is 0 Å². The van der Waals surface area contributed by atoms with Gasteiger partial charge in [-0.1, -0.05) is 68.3 Å². The predicted octanol–water partition coefficient (Wildman–Crippen LogP) is 5.93. The Morgan fingerprint density at radius 1 is 1.05 bits per heavy atom. The molecule has 0 aromatic heterocycles. The van der Waals surface area contributed by atoms with Gasteiger partial charge in [0.25, 0.3) is 0 Å². The molecule has 0 unspecified atom stereocenters. The number of unbranched alkanes of at least 4 members (excludes halogenated alkanes) is 2. The lowest BCUT2D eigenvalue weighted by Crippen LogP contribution is -2.44. The van der Waals surface area contributed by atoms with Gasteiger partial charge in [0.15, 0.2) is 0 Å². The Hall–Kier alpha value is -0.240. The first-order chi connectivity index (χ1) is 9.68. The second-order valence-corrected chi connectivity index (χ2v) is 6.72. The van der Waals surface area contributed by atoms with E-state index < -0.39 is 0 Å². The maximum absolute atomic E-state index is 6.22. The number of hydrogen-bond donors (Lipinski definition) is 1. The van der Waals surface area contributed by atoms with Gasteiger partial charge in [-0.2, -0.15) is 0 Å². The monoisotopic (exact) mass is 313 g/mol. The first-order valence-electron chi connectivity index (χ1n) is 7.88. The lowest BCUT2D eigenvalue weighted by Gasteiger charge is -2.39. The molecule has 1 fully saturated rings. The molecule has 3 heteroatoms. The predicted molar refractivity (Wildman–Crippen MR) is 88.8 cm³/mol. The molecule has 0 saturated heterocycles. The van der Waals surface area contributed by atoms with Crippen molar-refractivity contribution in [2.24, 2.45) is 0 Å². The maximum atomic E-state index is 6.22. The van der Waals surface area contributed by atoms with Crippen molar-refractivity contribution in [3.8, 4) is 0 Å². The molecule has 1 saturated carbocycles. The lowest BCUT2D eigenvalue weighted by atomic mass is 9.76. The van der Waals surface area contributed by atoms with Crippen LogP contribution in [-0.4, -0.2) is 6.54 Å². The molecule has 0 atom stereocenters. The largest absolute Gasteiger partial charge is 0.307 e. The van der Waals surface area contributed by atoms with Crippen LogP contribution in [0.15, 0.2) is 18.2 Å². The number of hydrogen-bond acceptors (Lipinski definition) is 1. The summed E-state index contributed by atoms with van der Waals surface area (Å²) in [6.07, 6.45) is 10.2. The van der Waals surface area contributed by atoms with Crippen molar-refractivity contribution >= 4 is 23.2 Å². The van der Waals surface area contributed by atoms with E-state index >= 15 is 0 Å². The van der Waals surface area contributed by atoms with Gasteiger partial charge in [-0.15, -0.1) is 0 Å². The van der Waals surface area contributed by atoms with Crippen molar-refractivity contribution in [1.29, 1.82) is 0 Å². The number of benzene rings is 1. The van der Waals surface area contributed by atoms with Crippen LogP contribution in [-0.2, 0) is 5.54 Å². The Kier molecular flexibility index (Phi) is 6.20. The molecule has 112 valence electrons. The van der Waals surface area contributed by atoms with E-state index in [1.807, 2.05) is 6.07 Å². The molecular formula is C17H25Cl2N. The van der Waals surface area contributed by atoms with Crippen LogP contribution < -0.4 is 5.32 Å². The molecule has 0 amide bonds. The van der Waals surface area contributed by atoms with Gasteiger partial charge in [0, 0.05) is 5.54 Å². The van der Waals surface area contributed by atoms with E-state index in [0.717, 1.165) is 6.54 Å². The quantitative estimate of drug-likeness (QED) is 0.641. The van der Waals surface area contributed by atoms with Gasteiger partial charge in [0.05, 0.1) is 10.0 Å². The minimum atomic E-state index is 0.111. The highest BCUT2D eigenvalue weighted by Crippen LogP contribution is 2.39. The van der Waals surface area contributed by atoms with Crippen LogP contribution in [0.4, 0.5) is 0 Å². The lowest BCUT2D eigenvalue weighted by molar-refractivity contribution is 0.232. The van der Waals surface area contributed by atoms with Crippen LogP contribution in [0.5, 0.6) is 0 Å². The molecule has 1 N–H and O–H groups in total. The Morgan fingerprint density at radius 2 is 1.80 bits per heavy atom. The fourth-order valence-electron chi connectivity index (χ4n) is 3.22. The standard InChI is InChI=1S/C17H25Cl2N/c1-2-3-7-12-20-17(10-5-4-6-11-17)14-8-9-15(18)16(19)13-14/h8-9,13,20H,2-7,10-12H2,1H3. The average molecular weight is 314 g/mol. The molecule has 1 aromatic rings. The zero-order chi connectivity index (χ0) is 14.4. The summed E-state index contributed by atoms with van der Waals surface area (Å²) in [6, 6.07) is 6.14. The van der Waals surface area contributed by atoms with Gasteiger partial charge >= 0.3 is 0 Å². The van der Waals surface area contributed by atoms with Crippen molar-refractivity contribution in [3.05, 3.63) is 33.8 Å². The van der Waals surface area contributed by atoms with Crippen molar-refractivity contribution in [1.82, 2.24) is 5.32 Å². The normalized spacial score (nSPS) is 18.1. The van der Waals surface area contributed by atoms with E-state index in [1.165, 1.54) is 56.9 Å². The van der Waals surface area contributed by atoms with E-state index in [1.54, 1.807) is 0 Å². The third-order valence-electron chi connectivity index (χ3n) is 4.42. The summed E-state index contributed by atoms with van der Waals surface area (Å²) < 4.78 is 0. The topological polar surface area (TPSA) is 12.0 Å². The van der Waals surface area contributed by atoms with Gasteiger partial charge < -0.3 is 5.32 Å². The third kappa shape index (κ3) is 3.90. The molecule has 1 aliphatic rings. The minimum Gasteiger partial charge on any atom is -0.307 e. The molecular weight excluding hydrogens is 289 g/mol. The molecule has 2 rings (SSSR count). The van der Waals surface area contributed by atoms with Crippen LogP contribution in [0.25, 0.3) is 0 Å². The van der Waals surface area contributed by atoms with Crippen LogP contribution >= 0.6 is 23.2 Å². The van der Waals surface area contributed by atoms with Crippen molar-refractivity contribution in [2.75, 3.05) is 6.54 Å². The van der Waals surface area contributed by atoms with E-state index in [0.29, 0.717) is 10.0 Å². The summed E-state index contributed by atoms with van der Waals surface area (Å²) in [6.45, 7) is 3.34. The number of rotatable bonds is 6. The summed E-state index contributed by atoms with van der Waals surface area (Å²) in [5.41, 5.74) is 1.42. The molecule has 0 heterocycles. The van der Waals surface area contributed by atoms with E-state index in [4.69, 9.17) is 23.2 Å². The van der Waals surface area contributed by atoms with Crippen molar-refractivity contribution in [3.63, 3.8) is 0 Å². The number of halogens is 2. The SMILES string of the molecule is CCCCCNC1(c2ccc(Cl)c(Cl)c2)CCCCC1. The number of nitrogens with one attached hydrogen (secondary N) is 1. The Bertz CT molecular complexity index is 425. The van der Waals surface area contributed by atoms with Gasteiger partial charge in [0.2, 0.25) is 0 Å². The molecule has 1 aromatic carbocycles. The first-order valence-corrected chi connectivity index (χ1v) is 8.64. The van der Waals surface area contributed by atoms with Crippen molar-refractivity contribution in [2.45, 2.75) is 63.8 Å². The molecule has 0 radical (unpaired) electrons. The van der Waals surface area contributed by atoms with Crippen LogP contribution in [0, 0.1) is 0 Å². The summed E-state index contributed by atoms with van der Waals surface area (Å²) in [5, 5.41) is 5.15. The molecule has 0 bridgehead atoms. The highest BCUT2D eigenvalue weighted by atomic mass is 35.5. The zero-order valence-electron chi connectivity index (χ0n) is 12.4. The fraction of sp³-hybridized carbons (Fsp3) is 0.647. The summed E-state index contributed by atoms with van der Waals surface area (Å²) in [4.78, 5) is 0. The molecule has 0 spiro atoms. The Labute approximate surface area is 133 Å². The van der Waals surface area contributed by atoms with Gasteiger partial charge in [-0.25, -0.2) is 0 Å².